The highest BCUT2D eigenvalue weighted by Crippen LogP contribution is 2.24. The van der Waals surface area contributed by atoms with Gasteiger partial charge in [0.05, 0.1) is 0 Å². The van der Waals surface area contributed by atoms with Crippen molar-refractivity contribution in [2.24, 2.45) is 0 Å². The molecule has 1 N–H and O–H groups in total. The fourth-order valence-electron chi connectivity index (χ4n) is 2.38. The van der Waals surface area contributed by atoms with Gasteiger partial charge >= 0.3 is 5.97 Å². The van der Waals surface area contributed by atoms with Gasteiger partial charge in [-0.1, -0.05) is 60.7 Å². The Balaban J connectivity index is 2.33. The van der Waals surface area contributed by atoms with Crippen LogP contribution in [0.4, 0.5) is 5.69 Å². The van der Waals surface area contributed by atoms with Gasteiger partial charge in [-0.25, -0.2) is 4.79 Å². The molecule has 0 bridgehead atoms. The first-order chi connectivity index (χ1) is 11.5. The summed E-state index contributed by atoms with van der Waals surface area (Å²) in [6.45, 7) is 1.62. The topological polar surface area (TPSA) is 40.5 Å². The van der Waals surface area contributed by atoms with E-state index in [0.29, 0.717) is 5.57 Å². The molecule has 0 fully saturated rings. The number of carboxylic acids is 1. The summed E-state index contributed by atoms with van der Waals surface area (Å²) in [7, 11) is 3.99. The van der Waals surface area contributed by atoms with Gasteiger partial charge in [0.1, 0.15) is 0 Å². The zero-order valence-corrected chi connectivity index (χ0v) is 14.3. The van der Waals surface area contributed by atoms with E-state index in [2.05, 4.69) is 0 Å². The highest BCUT2D eigenvalue weighted by molar-refractivity contribution is 5.86. The van der Waals surface area contributed by atoms with E-state index in [1.807, 2.05) is 85.7 Å². The first-order valence-electron chi connectivity index (χ1n) is 7.89. The average Bonchev–Trinajstić information content (AvgIpc) is 2.59. The summed E-state index contributed by atoms with van der Waals surface area (Å²) in [4.78, 5) is 13.2. The maximum Gasteiger partial charge on any atom is 0.330 e. The van der Waals surface area contributed by atoms with Crippen molar-refractivity contribution < 1.29 is 9.90 Å². The molecule has 24 heavy (non-hydrogen) atoms. The van der Waals surface area contributed by atoms with Gasteiger partial charge in [0, 0.05) is 31.3 Å². The molecule has 1 atom stereocenters. The fourth-order valence-corrected chi connectivity index (χ4v) is 2.38. The van der Waals surface area contributed by atoms with E-state index in [4.69, 9.17) is 0 Å². The van der Waals surface area contributed by atoms with Gasteiger partial charge in [0.25, 0.3) is 0 Å². The summed E-state index contributed by atoms with van der Waals surface area (Å²) >= 11 is 0. The first kappa shape index (κ1) is 17.5. The Kier molecular flexibility index (Phi) is 5.96. The minimum absolute atomic E-state index is 0.0856. The summed E-state index contributed by atoms with van der Waals surface area (Å²) in [6, 6.07) is 18.2. The molecule has 0 saturated heterocycles. The highest BCUT2D eigenvalue weighted by Gasteiger charge is 2.09. The van der Waals surface area contributed by atoms with Gasteiger partial charge in [-0.2, -0.15) is 0 Å². The summed E-state index contributed by atoms with van der Waals surface area (Å²) in [5, 5.41) is 9.18. The Morgan fingerprint density at radius 1 is 1.04 bits per heavy atom. The second-order valence-corrected chi connectivity index (χ2v) is 5.94. The van der Waals surface area contributed by atoms with Gasteiger partial charge in [0.15, 0.2) is 0 Å². The van der Waals surface area contributed by atoms with Crippen LogP contribution in [0, 0.1) is 0 Å². The van der Waals surface area contributed by atoms with Crippen LogP contribution in [0.15, 0.2) is 72.3 Å². The molecule has 3 heteroatoms. The molecule has 1 unspecified atom stereocenters. The molecular formula is C21H23NO2. The van der Waals surface area contributed by atoms with Crippen LogP contribution in [-0.4, -0.2) is 25.2 Å². The molecule has 0 amide bonds. The monoisotopic (exact) mass is 321 g/mol. The minimum Gasteiger partial charge on any atom is -0.478 e. The number of anilines is 1. The fraction of sp³-hybridized carbons (Fsp3) is 0.190. The molecule has 0 aliphatic rings. The normalized spacial score (nSPS) is 13.0. The van der Waals surface area contributed by atoms with Crippen LogP contribution < -0.4 is 4.90 Å². The Morgan fingerprint density at radius 2 is 1.67 bits per heavy atom. The van der Waals surface area contributed by atoms with Crippen LogP contribution in [0.2, 0.25) is 0 Å². The molecular weight excluding hydrogens is 298 g/mol. The summed E-state index contributed by atoms with van der Waals surface area (Å²) < 4.78 is 0. The first-order valence-corrected chi connectivity index (χ1v) is 7.89. The van der Waals surface area contributed by atoms with Crippen molar-refractivity contribution >= 4 is 17.7 Å². The zero-order valence-electron chi connectivity index (χ0n) is 14.3. The SMILES string of the molecule is CC(=CC(C=Cc1ccccc1)c1ccc(N(C)C)cc1)C(=O)O. The van der Waals surface area contributed by atoms with Crippen molar-refractivity contribution in [3.8, 4) is 0 Å². The van der Waals surface area contributed by atoms with Crippen molar-refractivity contribution in [1.29, 1.82) is 0 Å². The molecule has 0 aromatic heterocycles. The Morgan fingerprint density at radius 3 is 2.21 bits per heavy atom. The molecule has 2 aromatic carbocycles. The minimum atomic E-state index is -0.891. The average molecular weight is 321 g/mol. The molecule has 0 heterocycles. The number of carbonyl (C=O) groups is 1. The van der Waals surface area contributed by atoms with Crippen molar-refractivity contribution in [1.82, 2.24) is 0 Å². The van der Waals surface area contributed by atoms with Crippen molar-refractivity contribution in [2.75, 3.05) is 19.0 Å². The highest BCUT2D eigenvalue weighted by atomic mass is 16.4. The van der Waals surface area contributed by atoms with E-state index in [1.54, 1.807) is 13.0 Å². The molecule has 0 saturated carbocycles. The van der Waals surface area contributed by atoms with E-state index in [-0.39, 0.29) is 5.92 Å². The van der Waals surface area contributed by atoms with Gasteiger partial charge in [0.2, 0.25) is 0 Å². The third kappa shape index (κ3) is 4.85. The molecule has 0 spiro atoms. The molecule has 2 aromatic rings. The van der Waals surface area contributed by atoms with Crippen LogP contribution in [0.25, 0.3) is 6.08 Å². The standard InChI is InChI=1S/C21H23NO2/c1-16(21(23)24)15-19(10-9-17-7-5-4-6-8-17)18-11-13-20(14-12-18)22(2)3/h4-15,19H,1-3H3,(H,23,24). The number of carboxylic acid groups (broad SMARTS) is 1. The summed E-state index contributed by atoms with van der Waals surface area (Å²) in [5.74, 6) is -0.976. The third-order valence-electron chi connectivity index (χ3n) is 3.86. The number of rotatable bonds is 6. The lowest BCUT2D eigenvalue weighted by atomic mass is 9.95. The zero-order chi connectivity index (χ0) is 17.5. The van der Waals surface area contributed by atoms with Gasteiger partial charge in [-0.05, 0) is 30.2 Å². The Labute approximate surface area is 143 Å². The lowest BCUT2D eigenvalue weighted by Gasteiger charge is -2.15. The lowest BCUT2D eigenvalue weighted by Crippen LogP contribution is -2.08. The molecule has 0 aliphatic heterocycles. The Hall–Kier alpha value is -2.81. The van der Waals surface area contributed by atoms with E-state index in [0.717, 1.165) is 16.8 Å². The smallest absolute Gasteiger partial charge is 0.330 e. The van der Waals surface area contributed by atoms with Gasteiger partial charge in [-0.15, -0.1) is 0 Å². The van der Waals surface area contributed by atoms with Gasteiger partial charge < -0.3 is 10.0 Å². The van der Waals surface area contributed by atoms with E-state index in [9.17, 15) is 9.90 Å². The van der Waals surface area contributed by atoms with Crippen LogP contribution in [0.5, 0.6) is 0 Å². The molecule has 0 radical (unpaired) electrons. The third-order valence-corrected chi connectivity index (χ3v) is 3.86. The second-order valence-electron chi connectivity index (χ2n) is 5.94. The number of hydrogen-bond acceptors (Lipinski definition) is 2. The predicted octanol–water partition coefficient (Wildman–Crippen LogP) is 4.58. The molecule has 2 rings (SSSR count). The van der Waals surface area contributed by atoms with Crippen LogP contribution in [0.1, 0.15) is 24.0 Å². The molecule has 3 nitrogen and oxygen atoms in total. The number of allylic oxidation sites excluding steroid dienone is 2. The number of aliphatic carboxylic acids is 1. The molecule has 124 valence electrons. The molecule has 0 aliphatic carbocycles. The van der Waals surface area contributed by atoms with Crippen LogP contribution in [0.3, 0.4) is 0 Å². The van der Waals surface area contributed by atoms with Crippen LogP contribution in [-0.2, 0) is 4.79 Å². The van der Waals surface area contributed by atoms with E-state index < -0.39 is 5.97 Å². The number of nitrogens with zero attached hydrogens (tertiary/aromatic N) is 1. The van der Waals surface area contributed by atoms with E-state index in [1.165, 1.54) is 0 Å². The Bertz CT molecular complexity index is 728. The number of benzene rings is 2. The largest absolute Gasteiger partial charge is 0.478 e. The summed E-state index contributed by atoms with van der Waals surface area (Å²) in [6.07, 6.45) is 5.84. The maximum atomic E-state index is 11.2. The van der Waals surface area contributed by atoms with Gasteiger partial charge in [-0.3, -0.25) is 0 Å². The van der Waals surface area contributed by atoms with Crippen molar-refractivity contribution in [3.05, 3.63) is 83.4 Å². The van der Waals surface area contributed by atoms with Crippen molar-refractivity contribution in [2.45, 2.75) is 12.8 Å². The van der Waals surface area contributed by atoms with Crippen molar-refractivity contribution in [3.63, 3.8) is 0 Å². The van der Waals surface area contributed by atoms with E-state index >= 15 is 0 Å². The van der Waals surface area contributed by atoms with Crippen LogP contribution >= 0.6 is 0 Å². The summed E-state index contributed by atoms with van der Waals surface area (Å²) in [5.41, 5.74) is 3.61. The quantitative estimate of drug-likeness (QED) is 0.792. The predicted molar refractivity (Wildman–Crippen MR) is 100 cm³/mol. The second kappa shape index (κ2) is 8.16. The number of hydrogen-bond donors (Lipinski definition) is 1. The lowest BCUT2D eigenvalue weighted by molar-refractivity contribution is -0.132. The maximum absolute atomic E-state index is 11.2.